The first-order valence-corrected chi connectivity index (χ1v) is 22.1. The van der Waals surface area contributed by atoms with Crippen LogP contribution < -0.4 is 26.6 Å². The topological polar surface area (TPSA) is 193 Å². The van der Waals surface area contributed by atoms with Crippen LogP contribution in [0.3, 0.4) is 0 Å². The first-order valence-electron chi connectivity index (χ1n) is 19.0. The third-order valence-electron chi connectivity index (χ3n) is 9.97. The van der Waals surface area contributed by atoms with Crippen LogP contribution in [-0.2, 0) is 27.8 Å². The van der Waals surface area contributed by atoms with Gasteiger partial charge in [-0.15, -0.1) is 0 Å². The number of aromatic nitrogens is 2. The molecule has 0 radical (unpaired) electrons. The summed E-state index contributed by atoms with van der Waals surface area (Å²) in [5.41, 5.74) is 12.3. The van der Waals surface area contributed by atoms with Gasteiger partial charge in [0.25, 0.3) is 16.5 Å². The van der Waals surface area contributed by atoms with Gasteiger partial charge in [-0.2, -0.15) is 4.98 Å². The van der Waals surface area contributed by atoms with Gasteiger partial charge in [0, 0.05) is 16.5 Å². The first-order chi connectivity index (χ1) is 28.1. The van der Waals surface area contributed by atoms with E-state index in [0.29, 0.717) is 5.39 Å². The van der Waals surface area contributed by atoms with Crippen LogP contribution in [0.4, 0.5) is 10.2 Å². The number of fused-ring (bicyclic) bond motifs is 1. The van der Waals surface area contributed by atoms with Gasteiger partial charge in [-0.25, -0.2) is 9.18 Å². The molecule has 5 aromatic rings. The van der Waals surface area contributed by atoms with E-state index < -0.39 is 76.2 Å². The van der Waals surface area contributed by atoms with Crippen molar-refractivity contribution in [2.75, 3.05) is 12.3 Å². The Balaban J connectivity index is 1.43. The average Bonchev–Trinajstić information content (AvgIpc) is 3.47. The molecule has 59 heavy (non-hydrogen) atoms. The summed E-state index contributed by atoms with van der Waals surface area (Å²) in [6.07, 6.45) is -4.84. The van der Waals surface area contributed by atoms with E-state index in [2.05, 4.69) is 15.0 Å². The number of nitrogens with zero attached hydrogens (tertiary/aromatic N) is 6. The summed E-state index contributed by atoms with van der Waals surface area (Å²) in [6.45, 7) is 9.73. The van der Waals surface area contributed by atoms with E-state index in [4.69, 9.17) is 29.0 Å². The molecule has 4 aromatic carbocycles. The monoisotopic (exact) mass is 843 g/mol. The number of ether oxygens (including phenoxy) is 2. The van der Waals surface area contributed by atoms with Gasteiger partial charge in [0.15, 0.2) is 18.1 Å². The Hall–Kier alpha value is -5.38. The fraction of sp³-hybridized carbons (Fsp3) is 0.341. The lowest BCUT2D eigenvalue weighted by Gasteiger charge is -2.45. The number of nitrogen functional groups attached to an aromatic ring is 1. The molecule has 1 aliphatic rings. The van der Waals surface area contributed by atoms with E-state index in [0.717, 1.165) is 25.2 Å². The molecule has 2 unspecified atom stereocenters. The van der Waals surface area contributed by atoms with Gasteiger partial charge in [-0.05, 0) is 59.2 Å². The molecule has 6 atom stereocenters. The van der Waals surface area contributed by atoms with Crippen molar-refractivity contribution in [3.05, 3.63) is 136 Å². The predicted molar refractivity (Wildman–Crippen MR) is 224 cm³/mol. The number of halogens is 1. The molecule has 18 heteroatoms. The van der Waals surface area contributed by atoms with Crippen molar-refractivity contribution < 1.29 is 37.0 Å². The van der Waals surface area contributed by atoms with Crippen LogP contribution >= 0.6 is 8.18 Å². The number of hydrogen-bond donors (Lipinski definition) is 1. The highest BCUT2D eigenvalue weighted by molar-refractivity contribution is 7.36. The summed E-state index contributed by atoms with van der Waals surface area (Å²) in [6, 6.07) is 31.3. The van der Waals surface area contributed by atoms with Crippen LogP contribution in [-0.4, -0.2) is 65.4 Å². The minimum absolute atomic E-state index is 0.0925. The Labute approximate surface area is 342 Å². The molecule has 0 spiro atoms. The summed E-state index contributed by atoms with van der Waals surface area (Å²) < 4.78 is 58.0. The molecule has 2 N–H and O–H groups in total. The molecule has 0 amide bonds. The molecular weight excluding hydrogens is 797 g/mol. The third-order valence-corrected chi connectivity index (χ3v) is 16.2. The number of hydroxylamine groups is 1. The van der Waals surface area contributed by atoms with Crippen molar-refractivity contribution in [3.8, 4) is 5.75 Å². The summed E-state index contributed by atoms with van der Waals surface area (Å²) in [5.74, 6) is -0.625. The molecule has 2 heterocycles. The largest absolute Gasteiger partial charge is 0.462 e. The molecule has 310 valence electrons. The van der Waals surface area contributed by atoms with Crippen molar-refractivity contribution in [3.63, 3.8) is 0 Å². The number of carbonyl (C=O) groups is 1. The van der Waals surface area contributed by atoms with Crippen LogP contribution in [0.5, 0.6) is 5.75 Å². The summed E-state index contributed by atoms with van der Waals surface area (Å²) in [7, 11) is -7.30. The van der Waals surface area contributed by atoms with Crippen molar-refractivity contribution >= 4 is 49.4 Å². The summed E-state index contributed by atoms with van der Waals surface area (Å²) >= 11 is 0. The number of nitrogens with two attached hydrogens (primary N) is 1. The highest BCUT2D eigenvalue weighted by atomic mass is 31.1. The molecular formula is C41H47FN7O8PSi. The zero-order valence-electron chi connectivity index (χ0n) is 33.5. The number of esters is 1. The normalized spacial score (nSPS) is 20.6. The second-order valence-corrected chi connectivity index (χ2v) is 20.9. The predicted octanol–water partition coefficient (Wildman–Crippen LogP) is 6.84. The molecule has 1 fully saturated rings. The van der Waals surface area contributed by atoms with E-state index in [9.17, 15) is 19.7 Å². The molecule has 15 nitrogen and oxygen atoms in total. The van der Waals surface area contributed by atoms with Gasteiger partial charge in [0.2, 0.25) is 5.72 Å². The van der Waals surface area contributed by atoms with Crippen LogP contribution in [0.1, 0.15) is 47.8 Å². The molecule has 0 saturated carbocycles. The van der Waals surface area contributed by atoms with Gasteiger partial charge < -0.3 is 29.0 Å². The number of rotatable bonds is 15. The average molecular weight is 844 g/mol. The number of benzene rings is 4. The van der Waals surface area contributed by atoms with Crippen molar-refractivity contribution in [2.24, 2.45) is 5.11 Å². The van der Waals surface area contributed by atoms with Crippen LogP contribution in [0.15, 0.2) is 125 Å². The number of carbonyl (C=O) groups excluding carboxylic acids is 1. The van der Waals surface area contributed by atoms with Crippen LogP contribution in [0.2, 0.25) is 5.04 Å². The van der Waals surface area contributed by atoms with Crippen molar-refractivity contribution in [1.29, 1.82) is 0 Å². The smallest absolute Gasteiger partial charge is 0.351 e. The van der Waals surface area contributed by atoms with E-state index in [1.165, 1.54) is 19.2 Å². The molecule has 0 bridgehead atoms. The lowest BCUT2D eigenvalue weighted by atomic mass is 10.1. The minimum Gasteiger partial charge on any atom is -0.462 e. The Morgan fingerprint density at radius 3 is 2.22 bits per heavy atom. The Kier molecular flexibility index (Phi) is 13.1. The molecule has 6 rings (SSSR count). The van der Waals surface area contributed by atoms with Gasteiger partial charge >= 0.3 is 11.7 Å². The van der Waals surface area contributed by atoms with E-state index in [1.807, 2.05) is 99.6 Å². The second kappa shape index (κ2) is 17.9. The Bertz CT molecular complexity index is 2360. The van der Waals surface area contributed by atoms with Crippen LogP contribution in [0, 0.1) is 0 Å². The molecule has 1 aliphatic heterocycles. The van der Waals surface area contributed by atoms with E-state index in [-0.39, 0.29) is 11.6 Å². The second-order valence-electron chi connectivity index (χ2n) is 15.3. The number of hydrogen-bond acceptors (Lipinski definition) is 11. The maximum absolute atomic E-state index is 17.9. The van der Waals surface area contributed by atoms with Gasteiger partial charge in [0.1, 0.15) is 18.0 Å². The lowest BCUT2D eigenvalue weighted by Crippen LogP contribution is -2.68. The van der Waals surface area contributed by atoms with Gasteiger partial charge in [-0.3, -0.25) is 13.9 Å². The standard InChI is InChI=1S/C41H47FN7O8PSi/c1-27(2)54-38(50)28(3)49(56-33-23-15-17-29-16-13-14-22-32(29)33)58(52)53-26-41(46-47-44)36(42)35(37(55-41)48-25-24-34(43)45-39(48)51)57-59(40(4,5)6,30-18-9-7-10-19-30)31-20-11-8-12-21-31/h7-25,27-28,35-37,58H,26H2,1-6H3,(H2,43,45,51)/t28?,35-,36+,37-,41-/m1/s1. The van der Waals surface area contributed by atoms with Crippen molar-refractivity contribution in [2.45, 2.75) is 83.0 Å². The number of azide groups is 1. The first kappa shape index (κ1) is 43.2. The molecule has 1 aromatic heterocycles. The zero-order chi connectivity index (χ0) is 42.5. The van der Waals surface area contributed by atoms with E-state index >= 15 is 4.39 Å². The fourth-order valence-corrected chi connectivity index (χ4v) is 12.9. The minimum atomic E-state index is -3.69. The maximum Gasteiger partial charge on any atom is 0.351 e. The third kappa shape index (κ3) is 8.82. The molecule has 1 saturated heterocycles. The summed E-state index contributed by atoms with van der Waals surface area (Å²) in [5, 5.41) is 6.13. The van der Waals surface area contributed by atoms with Gasteiger partial charge in [-0.1, -0.05) is 128 Å². The zero-order valence-corrected chi connectivity index (χ0v) is 35.5. The maximum atomic E-state index is 17.9. The molecule has 0 aliphatic carbocycles. The number of anilines is 1. The fourth-order valence-electron chi connectivity index (χ4n) is 7.20. The Morgan fingerprint density at radius 1 is 1.02 bits per heavy atom. The summed E-state index contributed by atoms with van der Waals surface area (Å²) in [4.78, 5) is 40.5. The quantitative estimate of drug-likeness (QED) is 0.0221. The highest BCUT2D eigenvalue weighted by Crippen LogP contribution is 2.48. The van der Waals surface area contributed by atoms with Crippen LogP contribution in [0.25, 0.3) is 21.2 Å². The van der Waals surface area contributed by atoms with Crippen molar-refractivity contribution in [1.82, 2.24) is 14.4 Å². The lowest BCUT2D eigenvalue weighted by molar-refractivity contribution is -0.159. The Morgan fingerprint density at radius 2 is 1.63 bits per heavy atom. The van der Waals surface area contributed by atoms with E-state index in [1.54, 1.807) is 38.1 Å². The number of alkyl halides is 1. The van der Waals surface area contributed by atoms with Gasteiger partial charge in [0.05, 0.1) is 12.7 Å². The highest BCUT2D eigenvalue weighted by Gasteiger charge is 2.62. The SMILES string of the molecule is CC(C)OC(=O)C(C)N(Oc1cccc2ccccc12)[PH](=O)OC[C@@]1(N=[N+]=[N-])O[C@@H](n2ccc(N)nc2=O)[C@H](O[Si](c2ccccc2)(c2ccccc2)C(C)(C)C)[C@@H]1F.